The minimum Gasteiger partial charge on any atom is -0.496 e. The molecular formula is C25H30N2O6. The number of fused-ring (bicyclic) bond motifs is 1. The van der Waals surface area contributed by atoms with Gasteiger partial charge in [0.2, 0.25) is 0 Å². The van der Waals surface area contributed by atoms with Gasteiger partial charge in [0.05, 0.1) is 37.5 Å². The molecule has 0 bridgehead atoms. The van der Waals surface area contributed by atoms with Crippen LogP contribution in [0.15, 0.2) is 30.3 Å². The largest absolute Gasteiger partial charge is 0.496 e. The van der Waals surface area contributed by atoms with Crippen LogP contribution in [0, 0.1) is 6.92 Å². The van der Waals surface area contributed by atoms with Gasteiger partial charge >= 0.3 is 5.97 Å². The van der Waals surface area contributed by atoms with E-state index in [1.807, 2.05) is 6.92 Å². The summed E-state index contributed by atoms with van der Waals surface area (Å²) in [6, 6.07) is 8.60. The summed E-state index contributed by atoms with van der Waals surface area (Å²) >= 11 is 0. The highest BCUT2D eigenvalue weighted by molar-refractivity contribution is 6.00. The molecule has 8 nitrogen and oxygen atoms in total. The highest BCUT2D eigenvalue weighted by Gasteiger charge is 2.29. The highest BCUT2D eigenvalue weighted by Crippen LogP contribution is 2.35. The van der Waals surface area contributed by atoms with Gasteiger partial charge in [-0.3, -0.25) is 0 Å². The summed E-state index contributed by atoms with van der Waals surface area (Å²) in [6.07, 6.45) is 2.93. The molecule has 0 amide bonds. The molecular weight excluding hydrogens is 424 g/mol. The predicted molar refractivity (Wildman–Crippen MR) is 123 cm³/mol. The molecule has 1 saturated carbocycles. The predicted octanol–water partition coefficient (Wildman–Crippen LogP) is 4.19. The van der Waals surface area contributed by atoms with E-state index in [-0.39, 0.29) is 11.7 Å². The number of methoxy groups -OCH3 is 2. The van der Waals surface area contributed by atoms with Crippen LogP contribution in [0.1, 0.15) is 59.1 Å². The van der Waals surface area contributed by atoms with Crippen molar-refractivity contribution in [3.8, 4) is 11.5 Å². The molecule has 0 unspecified atom stereocenters. The number of imidazole rings is 1. The monoisotopic (exact) mass is 454 g/mol. The van der Waals surface area contributed by atoms with Crippen molar-refractivity contribution < 1.29 is 29.2 Å². The van der Waals surface area contributed by atoms with E-state index in [1.54, 1.807) is 38.5 Å². The summed E-state index contributed by atoms with van der Waals surface area (Å²) in [7, 11) is 3.16. The van der Waals surface area contributed by atoms with Crippen molar-refractivity contribution in [1.82, 2.24) is 9.97 Å². The van der Waals surface area contributed by atoms with Gasteiger partial charge in [-0.05, 0) is 49.6 Å². The van der Waals surface area contributed by atoms with Gasteiger partial charge in [-0.1, -0.05) is 18.9 Å². The molecule has 176 valence electrons. The molecule has 0 spiro atoms. The molecule has 33 heavy (non-hydrogen) atoms. The van der Waals surface area contributed by atoms with Crippen LogP contribution >= 0.6 is 0 Å². The number of nitrogens with one attached hydrogen (secondary N) is 1. The number of aliphatic hydroxyl groups excluding tert-OH is 1. The van der Waals surface area contributed by atoms with Crippen LogP contribution < -0.4 is 9.47 Å². The summed E-state index contributed by atoms with van der Waals surface area (Å²) in [5, 5.41) is 20.9. The third-order valence-corrected chi connectivity index (χ3v) is 6.32. The first kappa shape index (κ1) is 23.1. The van der Waals surface area contributed by atoms with Crippen LogP contribution in [0.5, 0.6) is 11.5 Å². The van der Waals surface area contributed by atoms with Crippen molar-refractivity contribution >= 4 is 17.0 Å². The second kappa shape index (κ2) is 9.80. The number of carbonyl (C=O) groups is 1. The second-order valence-electron chi connectivity index (χ2n) is 8.47. The van der Waals surface area contributed by atoms with Crippen LogP contribution in [0.25, 0.3) is 11.0 Å². The standard InChI is InChI=1S/C25H30N2O6/c1-14-19(31-2)11-15(12-20(14)32-3)24(28)21(33-16-7-4-5-8-16)13-22-26-18-10-6-9-17(25(29)30)23(18)27-22/h6,9-12,16,21,24,28H,4-5,7-8,13H2,1-3H3,(H,26,27)(H,29,30)/t21-,24+/m0/s1. The third-order valence-electron chi connectivity index (χ3n) is 6.32. The zero-order chi connectivity index (χ0) is 23.5. The normalized spacial score (nSPS) is 16.1. The number of aliphatic hydroxyl groups is 1. The minimum absolute atomic E-state index is 0.0675. The van der Waals surface area contributed by atoms with Crippen molar-refractivity contribution in [3.63, 3.8) is 0 Å². The zero-order valence-corrected chi connectivity index (χ0v) is 19.1. The fraction of sp³-hybridized carbons (Fsp3) is 0.440. The van der Waals surface area contributed by atoms with E-state index in [0.717, 1.165) is 31.2 Å². The number of carboxylic acids is 1. The number of ether oxygens (including phenoxy) is 3. The number of aromatic nitrogens is 2. The van der Waals surface area contributed by atoms with E-state index in [0.29, 0.717) is 40.3 Å². The maximum atomic E-state index is 11.6. The Bertz CT molecular complexity index is 1110. The molecule has 4 rings (SSSR count). The average Bonchev–Trinajstić information content (AvgIpc) is 3.47. The van der Waals surface area contributed by atoms with Crippen molar-refractivity contribution in [2.75, 3.05) is 14.2 Å². The van der Waals surface area contributed by atoms with Crippen LogP contribution in [0.4, 0.5) is 0 Å². The fourth-order valence-electron chi connectivity index (χ4n) is 4.54. The molecule has 2 atom stereocenters. The molecule has 3 aromatic rings. The van der Waals surface area contributed by atoms with Crippen LogP contribution in [0.2, 0.25) is 0 Å². The molecule has 0 radical (unpaired) electrons. The van der Waals surface area contributed by atoms with E-state index >= 15 is 0 Å². The lowest BCUT2D eigenvalue weighted by Crippen LogP contribution is -2.29. The Hall–Kier alpha value is -3.10. The summed E-state index contributed by atoms with van der Waals surface area (Å²) in [5.41, 5.74) is 2.64. The Morgan fingerprint density at radius 3 is 2.45 bits per heavy atom. The lowest BCUT2D eigenvalue weighted by atomic mass is 9.99. The Morgan fingerprint density at radius 1 is 1.18 bits per heavy atom. The molecule has 1 aliphatic carbocycles. The Morgan fingerprint density at radius 2 is 1.85 bits per heavy atom. The molecule has 0 aliphatic heterocycles. The number of carboxylic acid groups (broad SMARTS) is 1. The van der Waals surface area contributed by atoms with Gasteiger partial charge in [-0.25, -0.2) is 9.78 Å². The van der Waals surface area contributed by atoms with Gasteiger partial charge in [0.15, 0.2) is 0 Å². The molecule has 1 fully saturated rings. The summed E-state index contributed by atoms with van der Waals surface area (Å²) < 4.78 is 17.3. The summed E-state index contributed by atoms with van der Waals surface area (Å²) in [4.78, 5) is 19.3. The zero-order valence-electron chi connectivity index (χ0n) is 19.1. The van der Waals surface area contributed by atoms with Gasteiger partial charge in [0, 0.05) is 12.0 Å². The maximum Gasteiger partial charge on any atom is 0.337 e. The SMILES string of the molecule is COc1cc([C@@H](O)[C@H](Cc2nc3c(C(=O)O)cccc3[nH]2)OC2CCCC2)cc(OC)c1C. The quantitative estimate of drug-likeness (QED) is 0.444. The molecule has 1 aliphatic rings. The average molecular weight is 455 g/mol. The van der Waals surface area contributed by atoms with Crippen molar-refractivity contribution in [2.45, 2.75) is 57.3 Å². The van der Waals surface area contributed by atoms with E-state index in [2.05, 4.69) is 9.97 Å². The van der Waals surface area contributed by atoms with E-state index in [9.17, 15) is 15.0 Å². The molecule has 1 aromatic heterocycles. The van der Waals surface area contributed by atoms with Gasteiger partial charge in [-0.15, -0.1) is 0 Å². The first-order valence-corrected chi connectivity index (χ1v) is 11.2. The number of benzene rings is 2. The lowest BCUT2D eigenvalue weighted by Gasteiger charge is -2.27. The molecule has 1 heterocycles. The van der Waals surface area contributed by atoms with Gasteiger partial charge in [0.25, 0.3) is 0 Å². The molecule has 2 aromatic carbocycles. The second-order valence-corrected chi connectivity index (χ2v) is 8.47. The van der Waals surface area contributed by atoms with Crippen LogP contribution in [0.3, 0.4) is 0 Å². The topological polar surface area (TPSA) is 114 Å². The Balaban J connectivity index is 1.68. The van der Waals surface area contributed by atoms with Crippen molar-refractivity contribution in [2.24, 2.45) is 0 Å². The molecule has 8 heteroatoms. The number of aromatic amines is 1. The Kier molecular flexibility index (Phi) is 6.85. The highest BCUT2D eigenvalue weighted by atomic mass is 16.5. The third kappa shape index (κ3) is 4.82. The first-order valence-electron chi connectivity index (χ1n) is 11.2. The van der Waals surface area contributed by atoms with E-state index in [4.69, 9.17) is 14.2 Å². The van der Waals surface area contributed by atoms with E-state index < -0.39 is 18.2 Å². The number of rotatable bonds is 9. The number of H-pyrrole nitrogens is 1. The molecule has 3 N–H and O–H groups in total. The molecule has 0 saturated heterocycles. The Labute approximate surface area is 192 Å². The lowest BCUT2D eigenvalue weighted by molar-refractivity contribution is -0.0760. The number of aromatic carboxylic acids is 1. The first-order chi connectivity index (χ1) is 15.9. The van der Waals surface area contributed by atoms with Crippen molar-refractivity contribution in [1.29, 1.82) is 0 Å². The number of nitrogens with zero attached hydrogens (tertiary/aromatic N) is 1. The smallest absolute Gasteiger partial charge is 0.337 e. The maximum absolute atomic E-state index is 11.6. The van der Waals surface area contributed by atoms with Gasteiger partial charge in [0.1, 0.15) is 28.9 Å². The number of hydrogen-bond acceptors (Lipinski definition) is 6. The van der Waals surface area contributed by atoms with Crippen molar-refractivity contribution in [3.05, 3.63) is 52.8 Å². The van der Waals surface area contributed by atoms with E-state index in [1.165, 1.54) is 6.07 Å². The van der Waals surface area contributed by atoms with Crippen LogP contribution in [-0.2, 0) is 11.2 Å². The summed E-state index contributed by atoms with van der Waals surface area (Å²) in [5.74, 6) is 0.777. The number of para-hydroxylation sites is 1. The summed E-state index contributed by atoms with van der Waals surface area (Å²) in [6.45, 7) is 1.90. The van der Waals surface area contributed by atoms with Gasteiger partial charge in [-0.2, -0.15) is 0 Å². The number of hydrogen-bond donors (Lipinski definition) is 3. The van der Waals surface area contributed by atoms with Crippen LogP contribution in [-0.4, -0.2) is 52.6 Å². The van der Waals surface area contributed by atoms with Gasteiger partial charge < -0.3 is 29.4 Å². The minimum atomic E-state index is -1.03. The fourth-order valence-corrected chi connectivity index (χ4v) is 4.54.